The zero-order chi connectivity index (χ0) is 11.4. The van der Waals surface area contributed by atoms with E-state index in [4.69, 9.17) is 10.2 Å². The first kappa shape index (κ1) is 11.5. The minimum atomic E-state index is -0.988. The monoisotopic (exact) mass is 211 g/mol. The summed E-state index contributed by atoms with van der Waals surface area (Å²) in [4.78, 5) is 22.1. The number of aliphatic carboxylic acids is 1. The first-order valence-corrected chi connectivity index (χ1v) is 4.57. The van der Waals surface area contributed by atoms with Gasteiger partial charge in [-0.1, -0.05) is 6.08 Å². The average molecular weight is 211 g/mol. The molecule has 0 heterocycles. The Morgan fingerprint density at radius 2 is 2.33 bits per heavy atom. The van der Waals surface area contributed by atoms with Crippen molar-refractivity contribution in [2.75, 3.05) is 7.05 Å². The topological polar surface area (TPSA) is 86.6 Å². The number of rotatable bonds is 4. The van der Waals surface area contributed by atoms with Crippen molar-refractivity contribution in [1.29, 1.82) is 0 Å². The molecule has 82 valence electrons. The summed E-state index contributed by atoms with van der Waals surface area (Å²) in [6.45, 7) is 0. The Labute approximate surface area is 87.1 Å². The fourth-order valence-electron chi connectivity index (χ4n) is 1.40. The van der Waals surface area contributed by atoms with E-state index in [9.17, 15) is 9.59 Å². The summed E-state index contributed by atoms with van der Waals surface area (Å²) >= 11 is 0. The van der Waals surface area contributed by atoms with Gasteiger partial charge in [0, 0.05) is 12.0 Å². The Balaban J connectivity index is 2.64. The van der Waals surface area contributed by atoms with Gasteiger partial charge in [-0.05, 0) is 19.5 Å². The van der Waals surface area contributed by atoms with Crippen LogP contribution < -0.4 is 5.32 Å². The Hall–Kier alpha value is -1.62. The summed E-state index contributed by atoms with van der Waals surface area (Å²) in [5, 5.41) is 20.4. The van der Waals surface area contributed by atoms with Crippen LogP contribution in [0.5, 0.6) is 0 Å². The molecule has 15 heavy (non-hydrogen) atoms. The molecule has 3 N–H and O–H groups in total. The highest BCUT2D eigenvalue weighted by Gasteiger charge is 2.25. The summed E-state index contributed by atoms with van der Waals surface area (Å²) in [5.74, 6) is -1.82. The van der Waals surface area contributed by atoms with Crippen LogP contribution in [0.15, 0.2) is 24.0 Å². The average Bonchev–Trinajstić information content (AvgIpc) is 2.16. The van der Waals surface area contributed by atoms with Crippen molar-refractivity contribution in [1.82, 2.24) is 5.32 Å². The number of carbonyl (C=O) groups excluding carboxylic acids is 1. The number of ketones is 1. The summed E-state index contributed by atoms with van der Waals surface area (Å²) in [6.07, 6.45) is 4.22. The van der Waals surface area contributed by atoms with Crippen LogP contribution in [0, 0.1) is 5.92 Å². The molecule has 0 aromatic rings. The number of nitrogens with one attached hydrogen (secondary N) is 1. The summed E-state index contributed by atoms with van der Waals surface area (Å²) in [6, 6.07) is -0.753. The maximum atomic E-state index is 11.4. The molecule has 5 nitrogen and oxygen atoms in total. The summed E-state index contributed by atoms with van der Waals surface area (Å²) < 4.78 is 0. The fourth-order valence-corrected chi connectivity index (χ4v) is 1.40. The van der Waals surface area contributed by atoms with Gasteiger partial charge in [-0.15, -0.1) is 0 Å². The number of carboxylic acid groups (broad SMARTS) is 1. The van der Waals surface area contributed by atoms with Crippen LogP contribution in [0.2, 0.25) is 0 Å². The SMILES string of the molecule is CN[C@@H](CC1C=CC(O)=CC1=O)C(=O)O. The zero-order valence-electron chi connectivity index (χ0n) is 8.30. The Morgan fingerprint density at radius 1 is 1.67 bits per heavy atom. The highest BCUT2D eigenvalue weighted by molar-refractivity contribution is 5.95. The van der Waals surface area contributed by atoms with Crippen molar-refractivity contribution in [2.24, 2.45) is 5.92 Å². The number of aliphatic hydroxyl groups excluding tert-OH is 1. The van der Waals surface area contributed by atoms with Gasteiger partial charge in [0.05, 0.1) is 0 Å². The smallest absolute Gasteiger partial charge is 0.320 e. The number of hydrogen-bond acceptors (Lipinski definition) is 4. The Morgan fingerprint density at radius 3 is 2.80 bits per heavy atom. The van der Waals surface area contributed by atoms with Crippen LogP contribution in [0.3, 0.4) is 0 Å². The van der Waals surface area contributed by atoms with Crippen LogP contribution in [0.1, 0.15) is 6.42 Å². The quantitative estimate of drug-likeness (QED) is 0.620. The summed E-state index contributed by atoms with van der Waals surface area (Å²) in [5.41, 5.74) is 0. The van der Waals surface area contributed by atoms with Crippen LogP contribution in [0.25, 0.3) is 0 Å². The lowest BCUT2D eigenvalue weighted by molar-refractivity contribution is -0.139. The number of likely N-dealkylation sites (N-methyl/N-ethyl adjacent to an activating group) is 1. The van der Waals surface area contributed by atoms with Crippen LogP contribution >= 0.6 is 0 Å². The van der Waals surface area contributed by atoms with Gasteiger partial charge in [0.25, 0.3) is 0 Å². The first-order valence-electron chi connectivity index (χ1n) is 4.57. The molecular weight excluding hydrogens is 198 g/mol. The van der Waals surface area contributed by atoms with Gasteiger partial charge in [0.15, 0.2) is 5.78 Å². The Bertz CT molecular complexity index is 332. The second-order valence-electron chi connectivity index (χ2n) is 3.35. The normalized spacial score (nSPS) is 22.3. The van der Waals surface area contributed by atoms with E-state index < -0.39 is 17.9 Å². The maximum absolute atomic E-state index is 11.4. The third-order valence-electron chi connectivity index (χ3n) is 2.29. The number of carboxylic acids is 1. The molecule has 0 fully saturated rings. The van der Waals surface area contributed by atoms with Gasteiger partial charge in [-0.25, -0.2) is 0 Å². The van der Waals surface area contributed by atoms with E-state index in [1.54, 1.807) is 0 Å². The molecular formula is C10H13NO4. The third kappa shape index (κ3) is 2.92. The molecule has 0 bridgehead atoms. The molecule has 0 aliphatic heterocycles. The predicted molar refractivity (Wildman–Crippen MR) is 53.4 cm³/mol. The molecule has 0 aromatic heterocycles. The van der Waals surface area contributed by atoms with E-state index in [1.165, 1.54) is 19.2 Å². The van der Waals surface area contributed by atoms with Gasteiger partial charge in [-0.2, -0.15) is 0 Å². The van der Waals surface area contributed by atoms with E-state index in [2.05, 4.69) is 5.32 Å². The lowest BCUT2D eigenvalue weighted by Crippen LogP contribution is -2.37. The van der Waals surface area contributed by atoms with E-state index >= 15 is 0 Å². The summed E-state index contributed by atoms with van der Waals surface area (Å²) in [7, 11) is 1.53. The van der Waals surface area contributed by atoms with E-state index in [-0.39, 0.29) is 18.0 Å². The second-order valence-corrected chi connectivity index (χ2v) is 3.35. The molecule has 0 saturated carbocycles. The van der Waals surface area contributed by atoms with E-state index in [0.717, 1.165) is 6.08 Å². The molecule has 0 spiro atoms. The molecule has 0 saturated heterocycles. The van der Waals surface area contributed by atoms with Crippen molar-refractivity contribution in [3.05, 3.63) is 24.0 Å². The molecule has 0 amide bonds. The number of allylic oxidation sites excluding steroid dienone is 3. The van der Waals surface area contributed by atoms with Gasteiger partial charge < -0.3 is 15.5 Å². The Kier molecular flexibility index (Phi) is 3.62. The van der Waals surface area contributed by atoms with Crippen molar-refractivity contribution in [3.63, 3.8) is 0 Å². The molecule has 1 aliphatic carbocycles. The van der Waals surface area contributed by atoms with Crippen molar-refractivity contribution in [3.8, 4) is 0 Å². The molecule has 2 atom stereocenters. The van der Waals surface area contributed by atoms with Gasteiger partial charge in [0.1, 0.15) is 11.8 Å². The minimum Gasteiger partial charge on any atom is -0.508 e. The maximum Gasteiger partial charge on any atom is 0.320 e. The molecule has 5 heteroatoms. The molecule has 0 aromatic carbocycles. The van der Waals surface area contributed by atoms with Crippen molar-refractivity contribution in [2.45, 2.75) is 12.5 Å². The third-order valence-corrected chi connectivity index (χ3v) is 2.29. The molecule has 1 unspecified atom stereocenters. The zero-order valence-corrected chi connectivity index (χ0v) is 8.30. The number of carbonyl (C=O) groups is 2. The lowest BCUT2D eigenvalue weighted by atomic mass is 9.92. The van der Waals surface area contributed by atoms with E-state index in [0.29, 0.717) is 0 Å². The standard InChI is InChI=1S/C10H13NO4/c1-11-8(10(14)15)4-6-2-3-7(12)5-9(6)13/h2-3,5-6,8,11-12H,4H2,1H3,(H,14,15)/t6?,8-/m0/s1. The van der Waals surface area contributed by atoms with E-state index in [1.807, 2.05) is 0 Å². The number of hydrogen-bond donors (Lipinski definition) is 3. The molecule has 1 aliphatic rings. The largest absolute Gasteiger partial charge is 0.508 e. The fraction of sp³-hybridized carbons (Fsp3) is 0.400. The van der Waals surface area contributed by atoms with Crippen molar-refractivity contribution >= 4 is 11.8 Å². The van der Waals surface area contributed by atoms with Gasteiger partial charge >= 0.3 is 5.97 Å². The highest BCUT2D eigenvalue weighted by Crippen LogP contribution is 2.17. The van der Waals surface area contributed by atoms with Crippen LogP contribution in [-0.4, -0.2) is 35.1 Å². The highest BCUT2D eigenvalue weighted by atomic mass is 16.4. The molecule has 0 radical (unpaired) electrons. The second kappa shape index (κ2) is 4.75. The molecule has 1 rings (SSSR count). The van der Waals surface area contributed by atoms with Gasteiger partial charge in [0.2, 0.25) is 0 Å². The van der Waals surface area contributed by atoms with Crippen molar-refractivity contribution < 1.29 is 19.8 Å². The lowest BCUT2D eigenvalue weighted by Gasteiger charge is -2.17. The number of aliphatic hydroxyl groups is 1. The van der Waals surface area contributed by atoms with Crippen LogP contribution in [0.4, 0.5) is 0 Å². The van der Waals surface area contributed by atoms with Crippen LogP contribution in [-0.2, 0) is 9.59 Å². The predicted octanol–water partition coefficient (Wildman–Crippen LogP) is 0.246. The van der Waals surface area contributed by atoms with Gasteiger partial charge in [-0.3, -0.25) is 9.59 Å². The minimum absolute atomic E-state index is 0.0902. The first-order chi connectivity index (χ1) is 7.04.